The van der Waals surface area contributed by atoms with Crippen molar-refractivity contribution in [3.8, 4) is 0 Å². The number of rotatable bonds is 5. The molecule has 2 rings (SSSR count). The zero-order chi connectivity index (χ0) is 14.8. The Labute approximate surface area is 123 Å². The SMILES string of the molecule is CCNC1(C(=O)O)CCCC(Sc2nc(C)c(C)o2)C1. The summed E-state index contributed by atoms with van der Waals surface area (Å²) in [5.41, 5.74) is 0.112. The van der Waals surface area contributed by atoms with Crippen LogP contribution in [0, 0.1) is 13.8 Å². The van der Waals surface area contributed by atoms with Crippen molar-refractivity contribution in [2.75, 3.05) is 6.54 Å². The normalized spacial score (nSPS) is 26.6. The van der Waals surface area contributed by atoms with Gasteiger partial charge in [0.2, 0.25) is 0 Å². The number of hydrogen-bond acceptors (Lipinski definition) is 5. The minimum atomic E-state index is -0.790. The van der Waals surface area contributed by atoms with Crippen LogP contribution in [0.2, 0.25) is 0 Å². The summed E-state index contributed by atoms with van der Waals surface area (Å²) in [6.07, 6.45) is 3.22. The molecular weight excluding hydrogens is 276 g/mol. The van der Waals surface area contributed by atoms with Gasteiger partial charge in [0.05, 0.1) is 5.69 Å². The van der Waals surface area contributed by atoms with E-state index in [-0.39, 0.29) is 5.25 Å². The summed E-state index contributed by atoms with van der Waals surface area (Å²) >= 11 is 1.56. The standard InChI is InChI=1S/C14H22N2O3S/c1-4-15-14(12(17)18)7-5-6-11(8-14)20-13-16-9(2)10(3)19-13/h11,15H,4-8H2,1-3H3,(H,17,18). The summed E-state index contributed by atoms with van der Waals surface area (Å²) in [6, 6.07) is 0. The number of hydrogen-bond donors (Lipinski definition) is 2. The van der Waals surface area contributed by atoms with Crippen molar-refractivity contribution >= 4 is 17.7 Å². The van der Waals surface area contributed by atoms with Crippen molar-refractivity contribution in [1.82, 2.24) is 10.3 Å². The van der Waals surface area contributed by atoms with Gasteiger partial charge in [0.15, 0.2) is 0 Å². The lowest BCUT2D eigenvalue weighted by atomic mass is 9.81. The number of carbonyl (C=O) groups is 1. The van der Waals surface area contributed by atoms with Crippen molar-refractivity contribution in [3.63, 3.8) is 0 Å². The van der Waals surface area contributed by atoms with Gasteiger partial charge in [0.25, 0.3) is 5.22 Å². The molecule has 0 aliphatic heterocycles. The molecule has 0 amide bonds. The highest BCUT2D eigenvalue weighted by atomic mass is 32.2. The van der Waals surface area contributed by atoms with Crippen LogP contribution in [0.3, 0.4) is 0 Å². The third kappa shape index (κ3) is 3.17. The smallest absolute Gasteiger partial charge is 0.323 e. The van der Waals surface area contributed by atoms with Crippen LogP contribution < -0.4 is 5.32 Å². The molecule has 0 saturated heterocycles. The number of aliphatic carboxylic acids is 1. The average molecular weight is 298 g/mol. The molecule has 1 aliphatic rings. The molecule has 2 unspecified atom stereocenters. The number of carboxylic acids is 1. The number of likely N-dealkylation sites (N-methyl/N-ethyl adjacent to an activating group) is 1. The molecule has 2 atom stereocenters. The van der Waals surface area contributed by atoms with Gasteiger partial charge < -0.3 is 14.8 Å². The number of nitrogens with zero attached hydrogens (tertiary/aromatic N) is 1. The van der Waals surface area contributed by atoms with Gasteiger partial charge in [-0.2, -0.15) is 0 Å². The van der Waals surface area contributed by atoms with Gasteiger partial charge in [0, 0.05) is 5.25 Å². The quantitative estimate of drug-likeness (QED) is 0.870. The molecule has 0 bridgehead atoms. The van der Waals surface area contributed by atoms with Crippen molar-refractivity contribution in [2.45, 2.75) is 62.5 Å². The predicted molar refractivity (Wildman–Crippen MR) is 78.1 cm³/mol. The van der Waals surface area contributed by atoms with Crippen molar-refractivity contribution < 1.29 is 14.3 Å². The lowest BCUT2D eigenvalue weighted by Gasteiger charge is -2.37. The first kappa shape index (κ1) is 15.4. The Morgan fingerprint density at radius 1 is 1.60 bits per heavy atom. The number of aromatic nitrogens is 1. The second-order valence-electron chi connectivity index (χ2n) is 5.38. The number of aryl methyl sites for hydroxylation is 2. The third-order valence-electron chi connectivity index (χ3n) is 3.91. The van der Waals surface area contributed by atoms with Gasteiger partial charge in [-0.3, -0.25) is 4.79 Å². The van der Waals surface area contributed by atoms with Crippen molar-refractivity contribution in [3.05, 3.63) is 11.5 Å². The zero-order valence-electron chi connectivity index (χ0n) is 12.2. The molecule has 0 aromatic carbocycles. The largest absolute Gasteiger partial charge is 0.480 e. The van der Waals surface area contributed by atoms with Crippen LogP contribution in [0.25, 0.3) is 0 Å². The minimum Gasteiger partial charge on any atom is -0.480 e. The van der Waals surface area contributed by atoms with Gasteiger partial charge in [-0.1, -0.05) is 18.7 Å². The molecular formula is C14H22N2O3S. The fourth-order valence-electron chi connectivity index (χ4n) is 2.73. The molecule has 1 aliphatic carbocycles. The van der Waals surface area contributed by atoms with Gasteiger partial charge >= 0.3 is 5.97 Å². The topological polar surface area (TPSA) is 75.4 Å². The first-order valence-corrected chi connectivity index (χ1v) is 7.94. The molecule has 0 spiro atoms. The molecule has 5 nitrogen and oxygen atoms in total. The maximum Gasteiger partial charge on any atom is 0.323 e. The van der Waals surface area contributed by atoms with Crippen molar-refractivity contribution in [2.24, 2.45) is 0 Å². The number of oxazole rings is 1. The first-order valence-electron chi connectivity index (χ1n) is 7.06. The average Bonchev–Trinajstić information content (AvgIpc) is 2.68. The summed E-state index contributed by atoms with van der Waals surface area (Å²) in [4.78, 5) is 16.0. The minimum absolute atomic E-state index is 0.233. The van der Waals surface area contributed by atoms with Crippen molar-refractivity contribution in [1.29, 1.82) is 0 Å². The Morgan fingerprint density at radius 2 is 2.35 bits per heavy atom. The molecule has 1 heterocycles. The van der Waals surface area contributed by atoms with E-state index in [0.29, 0.717) is 24.6 Å². The van der Waals surface area contributed by atoms with Crippen LogP contribution in [0.1, 0.15) is 44.1 Å². The van der Waals surface area contributed by atoms with Crippen LogP contribution in [-0.4, -0.2) is 33.4 Å². The van der Waals surface area contributed by atoms with E-state index in [1.165, 1.54) is 0 Å². The number of thioether (sulfide) groups is 1. The monoisotopic (exact) mass is 298 g/mol. The molecule has 2 N–H and O–H groups in total. The second-order valence-corrected chi connectivity index (χ2v) is 6.63. The van der Waals surface area contributed by atoms with Gasteiger partial charge in [-0.15, -0.1) is 0 Å². The Bertz CT molecular complexity index is 465. The molecule has 1 saturated carbocycles. The zero-order valence-corrected chi connectivity index (χ0v) is 13.0. The van der Waals surface area contributed by atoms with Crippen LogP contribution in [0.15, 0.2) is 9.64 Å². The van der Waals surface area contributed by atoms with E-state index < -0.39 is 11.5 Å². The summed E-state index contributed by atoms with van der Waals surface area (Å²) < 4.78 is 5.59. The van der Waals surface area contributed by atoms with E-state index in [1.54, 1.807) is 11.8 Å². The van der Waals surface area contributed by atoms with E-state index >= 15 is 0 Å². The van der Waals surface area contributed by atoms with E-state index in [9.17, 15) is 9.90 Å². The molecule has 1 aromatic heterocycles. The van der Waals surface area contributed by atoms with E-state index in [4.69, 9.17) is 4.42 Å². The molecule has 1 fully saturated rings. The second kappa shape index (κ2) is 6.18. The summed E-state index contributed by atoms with van der Waals surface area (Å²) in [5, 5.41) is 13.6. The van der Waals surface area contributed by atoms with Crippen LogP contribution >= 0.6 is 11.8 Å². The van der Waals surface area contributed by atoms with Crippen LogP contribution in [-0.2, 0) is 4.79 Å². The molecule has 112 valence electrons. The molecule has 0 radical (unpaired) electrons. The maximum absolute atomic E-state index is 11.6. The fraction of sp³-hybridized carbons (Fsp3) is 0.714. The van der Waals surface area contributed by atoms with Gasteiger partial charge in [0.1, 0.15) is 11.3 Å². The number of carboxylic acid groups (broad SMARTS) is 1. The lowest BCUT2D eigenvalue weighted by molar-refractivity contribution is -0.146. The highest BCUT2D eigenvalue weighted by Gasteiger charge is 2.42. The van der Waals surface area contributed by atoms with Gasteiger partial charge in [-0.25, -0.2) is 4.98 Å². The summed E-state index contributed by atoms with van der Waals surface area (Å²) in [6.45, 7) is 6.43. The Balaban J connectivity index is 2.07. The van der Waals surface area contributed by atoms with Gasteiger partial charge in [-0.05, 0) is 46.1 Å². The van der Waals surface area contributed by atoms with E-state index in [2.05, 4.69) is 10.3 Å². The predicted octanol–water partition coefficient (Wildman–Crippen LogP) is 2.76. The summed E-state index contributed by atoms with van der Waals surface area (Å²) in [7, 11) is 0. The van der Waals surface area contributed by atoms with Crippen LogP contribution in [0.4, 0.5) is 0 Å². The molecule has 6 heteroatoms. The van der Waals surface area contributed by atoms with E-state index in [1.807, 2.05) is 20.8 Å². The summed E-state index contributed by atoms with van der Waals surface area (Å²) in [5.74, 6) is 0.0869. The lowest BCUT2D eigenvalue weighted by Crippen LogP contribution is -2.55. The molecule has 20 heavy (non-hydrogen) atoms. The maximum atomic E-state index is 11.6. The Morgan fingerprint density at radius 3 is 2.90 bits per heavy atom. The first-order chi connectivity index (χ1) is 9.47. The fourth-order valence-corrected chi connectivity index (χ4v) is 4.03. The van der Waals surface area contributed by atoms with E-state index in [0.717, 1.165) is 24.3 Å². The highest BCUT2D eigenvalue weighted by molar-refractivity contribution is 7.99. The Kier molecular flexibility index (Phi) is 4.75. The highest BCUT2D eigenvalue weighted by Crippen LogP contribution is 2.38. The Hall–Kier alpha value is -1.01. The third-order valence-corrected chi connectivity index (χ3v) is 5.02. The number of nitrogens with one attached hydrogen (secondary N) is 1. The molecule has 1 aromatic rings. The van der Waals surface area contributed by atoms with Crippen LogP contribution in [0.5, 0.6) is 0 Å².